The summed E-state index contributed by atoms with van der Waals surface area (Å²) < 4.78 is 0. The number of aryl methyl sites for hydroxylation is 1. The van der Waals surface area contributed by atoms with Gasteiger partial charge in [-0.05, 0) is 36.8 Å². The standard InChI is InChI=1S/C17H13ClN2O3/c1-9-3-2-6-19-15(9)17(23)16-12(8-14(21)22)11-7-10(18)4-5-13(11)20-16/h2-7,20H,8H2,1H3,(H,21,22). The van der Waals surface area contributed by atoms with Gasteiger partial charge < -0.3 is 10.1 Å². The number of benzene rings is 1. The van der Waals surface area contributed by atoms with Gasteiger partial charge in [0.1, 0.15) is 5.69 Å². The second kappa shape index (κ2) is 5.85. The Bertz CT molecular complexity index is 931. The van der Waals surface area contributed by atoms with Gasteiger partial charge in [0, 0.05) is 27.7 Å². The van der Waals surface area contributed by atoms with E-state index in [0.717, 1.165) is 5.56 Å². The summed E-state index contributed by atoms with van der Waals surface area (Å²) in [5, 5.41) is 10.3. The number of nitrogens with one attached hydrogen (secondary N) is 1. The number of halogens is 1. The van der Waals surface area contributed by atoms with Crippen LogP contribution in [0.5, 0.6) is 0 Å². The molecule has 0 bridgehead atoms. The van der Waals surface area contributed by atoms with Crippen molar-refractivity contribution < 1.29 is 14.7 Å². The summed E-state index contributed by atoms with van der Waals surface area (Å²) in [5.74, 6) is -1.34. The molecule has 6 heteroatoms. The number of carbonyl (C=O) groups excluding carboxylic acids is 1. The highest BCUT2D eigenvalue weighted by molar-refractivity contribution is 6.31. The Morgan fingerprint density at radius 2 is 2.09 bits per heavy atom. The van der Waals surface area contributed by atoms with Crippen molar-refractivity contribution >= 4 is 34.3 Å². The van der Waals surface area contributed by atoms with Gasteiger partial charge in [-0.25, -0.2) is 0 Å². The molecule has 0 radical (unpaired) electrons. The van der Waals surface area contributed by atoms with E-state index in [0.29, 0.717) is 27.2 Å². The Kier molecular flexibility index (Phi) is 3.88. The van der Waals surface area contributed by atoms with Crippen LogP contribution in [0.25, 0.3) is 10.9 Å². The first kappa shape index (κ1) is 15.2. The third kappa shape index (κ3) is 2.83. The smallest absolute Gasteiger partial charge is 0.307 e. The summed E-state index contributed by atoms with van der Waals surface area (Å²) in [4.78, 5) is 31.1. The quantitative estimate of drug-likeness (QED) is 0.719. The fraction of sp³-hybridized carbons (Fsp3) is 0.118. The third-order valence-electron chi connectivity index (χ3n) is 3.65. The van der Waals surface area contributed by atoms with Crippen molar-refractivity contribution in [2.24, 2.45) is 0 Å². The molecule has 3 aromatic rings. The van der Waals surface area contributed by atoms with E-state index in [1.54, 1.807) is 37.3 Å². The minimum atomic E-state index is -1.02. The first-order chi connectivity index (χ1) is 11.0. The molecule has 116 valence electrons. The summed E-state index contributed by atoms with van der Waals surface area (Å²) in [5.41, 5.74) is 2.37. The zero-order chi connectivity index (χ0) is 16.6. The van der Waals surface area contributed by atoms with Crippen LogP contribution in [0.2, 0.25) is 5.02 Å². The van der Waals surface area contributed by atoms with Crippen LogP contribution in [0.3, 0.4) is 0 Å². The van der Waals surface area contributed by atoms with E-state index in [2.05, 4.69) is 9.97 Å². The van der Waals surface area contributed by atoms with Crippen molar-refractivity contribution in [3.8, 4) is 0 Å². The largest absolute Gasteiger partial charge is 0.481 e. The molecule has 0 aliphatic rings. The highest BCUT2D eigenvalue weighted by Crippen LogP contribution is 2.28. The summed E-state index contributed by atoms with van der Waals surface area (Å²) >= 11 is 6.00. The highest BCUT2D eigenvalue weighted by Gasteiger charge is 2.22. The van der Waals surface area contributed by atoms with Crippen molar-refractivity contribution in [3.05, 3.63) is 64.1 Å². The monoisotopic (exact) mass is 328 g/mol. The summed E-state index contributed by atoms with van der Waals surface area (Å²) in [6.45, 7) is 1.79. The minimum Gasteiger partial charge on any atom is -0.481 e. The lowest BCUT2D eigenvalue weighted by atomic mass is 10.0. The number of fused-ring (bicyclic) bond motifs is 1. The van der Waals surface area contributed by atoms with Crippen LogP contribution in [-0.2, 0) is 11.2 Å². The van der Waals surface area contributed by atoms with Crippen LogP contribution < -0.4 is 0 Å². The molecule has 0 saturated heterocycles. The number of aromatic nitrogens is 2. The van der Waals surface area contributed by atoms with Gasteiger partial charge in [-0.3, -0.25) is 14.6 Å². The van der Waals surface area contributed by atoms with E-state index in [-0.39, 0.29) is 17.9 Å². The molecule has 0 fully saturated rings. The Morgan fingerprint density at radius 1 is 1.30 bits per heavy atom. The number of nitrogens with zero attached hydrogens (tertiary/aromatic N) is 1. The minimum absolute atomic E-state index is 0.242. The molecule has 2 N–H and O–H groups in total. The van der Waals surface area contributed by atoms with Gasteiger partial charge in [0.25, 0.3) is 0 Å². The van der Waals surface area contributed by atoms with Crippen molar-refractivity contribution in [1.82, 2.24) is 9.97 Å². The number of pyridine rings is 1. The van der Waals surface area contributed by atoms with Crippen LogP contribution in [-0.4, -0.2) is 26.8 Å². The Balaban J connectivity index is 2.22. The third-order valence-corrected chi connectivity index (χ3v) is 3.88. The number of aromatic amines is 1. The molecule has 0 unspecified atom stereocenters. The molecule has 0 saturated carbocycles. The molecule has 0 spiro atoms. The lowest BCUT2D eigenvalue weighted by Crippen LogP contribution is -2.11. The van der Waals surface area contributed by atoms with Gasteiger partial charge in [0.05, 0.1) is 12.1 Å². The first-order valence-corrected chi connectivity index (χ1v) is 7.33. The van der Waals surface area contributed by atoms with Crippen molar-refractivity contribution in [2.75, 3.05) is 0 Å². The highest BCUT2D eigenvalue weighted by atomic mass is 35.5. The van der Waals surface area contributed by atoms with Crippen LogP contribution >= 0.6 is 11.6 Å². The lowest BCUT2D eigenvalue weighted by molar-refractivity contribution is -0.136. The normalized spacial score (nSPS) is 10.9. The molecular weight excluding hydrogens is 316 g/mol. The van der Waals surface area contributed by atoms with Gasteiger partial charge in [-0.15, -0.1) is 0 Å². The number of hydrogen-bond acceptors (Lipinski definition) is 3. The number of aliphatic carboxylic acids is 1. The molecule has 3 rings (SSSR count). The number of hydrogen-bond donors (Lipinski definition) is 2. The average Bonchev–Trinajstić information content (AvgIpc) is 2.84. The van der Waals surface area contributed by atoms with Crippen LogP contribution in [0.4, 0.5) is 0 Å². The molecule has 0 amide bonds. The molecule has 2 aromatic heterocycles. The van der Waals surface area contributed by atoms with Gasteiger partial charge in [0.2, 0.25) is 5.78 Å². The zero-order valence-electron chi connectivity index (χ0n) is 12.3. The second-order valence-electron chi connectivity index (χ2n) is 5.24. The van der Waals surface area contributed by atoms with Crippen molar-refractivity contribution in [3.63, 3.8) is 0 Å². The topological polar surface area (TPSA) is 83.0 Å². The molecule has 2 heterocycles. The number of carboxylic acids is 1. The summed E-state index contributed by atoms with van der Waals surface area (Å²) in [7, 11) is 0. The van der Waals surface area contributed by atoms with E-state index < -0.39 is 5.97 Å². The van der Waals surface area contributed by atoms with Gasteiger partial charge in [0.15, 0.2) is 0 Å². The SMILES string of the molecule is Cc1cccnc1C(=O)c1[nH]c2ccc(Cl)cc2c1CC(=O)O. The number of carboxylic acid groups (broad SMARTS) is 1. The number of H-pyrrole nitrogens is 1. The number of ketones is 1. The molecule has 23 heavy (non-hydrogen) atoms. The number of carbonyl (C=O) groups is 2. The zero-order valence-corrected chi connectivity index (χ0v) is 13.0. The van der Waals surface area contributed by atoms with Crippen LogP contribution in [0.1, 0.15) is 27.3 Å². The Morgan fingerprint density at radius 3 is 2.78 bits per heavy atom. The van der Waals surface area contributed by atoms with Crippen LogP contribution in [0, 0.1) is 6.92 Å². The van der Waals surface area contributed by atoms with Gasteiger partial charge >= 0.3 is 5.97 Å². The van der Waals surface area contributed by atoms with Crippen LogP contribution in [0.15, 0.2) is 36.5 Å². The van der Waals surface area contributed by atoms with E-state index in [1.165, 1.54) is 6.20 Å². The summed E-state index contributed by atoms with van der Waals surface area (Å²) in [6, 6.07) is 8.61. The molecule has 0 aliphatic heterocycles. The number of rotatable bonds is 4. The molecule has 0 aliphatic carbocycles. The predicted octanol–water partition coefficient (Wildman–Crippen LogP) is 3.38. The second-order valence-corrected chi connectivity index (χ2v) is 5.67. The van der Waals surface area contributed by atoms with Gasteiger partial charge in [-0.1, -0.05) is 17.7 Å². The molecule has 1 aromatic carbocycles. The van der Waals surface area contributed by atoms with Gasteiger partial charge in [-0.2, -0.15) is 0 Å². The average molecular weight is 329 g/mol. The predicted molar refractivity (Wildman–Crippen MR) is 87.1 cm³/mol. The maximum atomic E-state index is 12.8. The fourth-order valence-electron chi connectivity index (χ4n) is 2.59. The summed E-state index contributed by atoms with van der Waals surface area (Å²) in [6.07, 6.45) is 1.27. The maximum Gasteiger partial charge on any atom is 0.307 e. The fourth-order valence-corrected chi connectivity index (χ4v) is 2.76. The maximum absolute atomic E-state index is 12.8. The molecule has 0 atom stereocenters. The lowest BCUT2D eigenvalue weighted by Gasteiger charge is -2.04. The van der Waals surface area contributed by atoms with Crippen molar-refractivity contribution in [1.29, 1.82) is 0 Å². The van der Waals surface area contributed by atoms with Crippen molar-refractivity contribution in [2.45, 2.75) is 13.3 Å². The van der Waals surface area contributed by atoms with E-state index in [4.69, 9.17) is 11.6 Å². The first-order valence-electron chi connectivity index (χ1n) is 6.95. The molecule has 5 nitrogen and oxygen atoms in total. The Labute approximate surface area is 136 Å². The van der Waals surface area contributed by atoms with E-state index >= 15 is 0 Å². The van der Waals surface area contributed by atoms with E-state index in [1.807, 2.05) is 0 Å². The molecular formula is C17H13ClN2O3. The Hall–Kier alpha value is -2.66. The van der Waals surface area contributed by atoms with E-state index in [9.17, 15) is 14.7 Å².